The highest BCUT2D eigenvalue weighted by atomic mass is 14.9. The Labute approximate surface area is 115 Å². The number of aromatic nitrogens is 1. The summed E-state index contributed by atoms with van der Waals surface area (Å²) in [6.07, 6.45) is 9.11. The van der Waals surface area contributed by atoms with Crippen LogP contribution in [0.2, 0.25) is 0 Å². The van der Waals surface area contributed by atoms with E-state index in [4.69, 9.17) is 0 Å². The SMILES string of the molecule is CC1(C)CCCCC1Nc1cccc2cnccc12. The first-order valence-electron chi connectivity index (χ1n) is 7.26. The van der Waals surface area contributed by atoms with Crippen LogP contribution in [0.5, 0.6) is 0 Å². The maximum Gasteiger partial charge on any atom is 0.0423 e. The predicted molar refractivity (Wildman–Crippen MR) is 81.4 cm³/mol. The number of hydrogen-bond donors (Lipinski definition) is 1. The monoisotopic (exact) mass is 254 g/mol. The zero-order valence-corrected chi connectivity index (χ0v) is 11.8. The first kappa shape index (κ1) is 12.5. The van der Waals surface area contributed by atoms with Crippen LogP contribution in [-0.4, -0.2) is 11.0 Å². The second-order valence-corrected chi connectivity index (χ2v) is 6.33. The maximum absolute atomic E-state index is 4.20. The number of fused-ring (bicyclic) bond motifs is 1. The van der Waals surface area contributed by atoms with Crippen molar-refractivity contribution in [3.8, 4) is 0 Å². The Kier molecular flexibility index (Phi) is 3.17. The molecule has 1 saturated carbocycles. The molecule has 0 spiro atoms. The molecule has 1 aliphatic carbocycles. The highest BCUT2D eigenvalue weighted by molar-refractivity contribution is 5.93. The van der Waals surface area contributed by atoms with Crippen molar-refractivity contribution in [2.24, 2.45) is 5.41 Å². The number of benzene rings is 1. The summed E-state index contributed by atoms with van der Waals surface area (Å²) in [7, 11) is 0. The smallest absolute Gasteiger partial charge is 0.0423 e. The molecule has 0 saturated heterocycles. The predicted octanol–water partition coefficient (Wildman–Crippen LogP) is 4.62. The minimum absolute atomic E-state index is 0.382. The van der Waals surface area contributed by atoms with Crippen molar-refractivity contribution in [2.75, 3.05) is 5.32 Å². The molecule has 2 heteroatoms. The van der Waals surface area contributed by atoms with Gasteiger partial charge in [0.15, 0.2) is 0 Å². The number of rotatable bonds is 2. The lowest BCUT2D eigenvalue weighted by molar-refractivity contribution is 0.217. The third-order valence-electron chi connectivity index (χ3n) is 4.52. The molecule has 2 aromatic rings. The second-order valence-electron chi connectivity index (χ2n) is 6.33. The zero-order chi connectivity index (χ0) is 13.3. The molecule has 1 aromatic carbocycles. The Morgan fingerprint density at radius 3 is 2.95 bits per heavy atom. The van der Waals surface area contributed by atoms with Crippen molar-refractivity contribution in [1.29, 1.82) is 0 Å². The van der Waals surface area contributed by atoms with E-state index in [2.05, 4.69) is 48.4 Å². The average molecular weight is 254 g/mol. The molecule has 1 aliphatic rings. The molecule has 0 amide bonds. The zero-order valence-electron chi connectivity index (χ0n) is 11.8. The third kappa shape index (κ3) is 2.44. The van der Waals surface area contributed by atoms with Crippen LogP contribution in [0.3, 0.4) is 0 Å². The van der Waals surface area contributed by atoms with Crippen LogP contribution in [0.15, 0.2) is 36.7 Å². The Bertz CT molecular complexity index is 569. The Morgan fingerprint density at radius 1 is 1.21 bits per heavy atom. The molecule has 1 fully saturated rings. The molecule has 0 aliphatic heterocycles. The first-order valence-corrected chi connectivity index (χ1v) is 7.26. The number of pyridine rings is 1. The normalized spacial score (nSPS) is 22.3. The van der Waals surface area contributed by atoms with E-state index in [9.17, 15) is 0 Å². The summed E-state index contributed by atoms with van der Waals surface area (Å²) < 4.78 is 0. The van der Waals surface area contributed by atoms with Gasteiger partial charge in [-0.15, -0.1) is 0 Å². The molecule has 3 rings (SSSR count). The lowest BCUT2D eigenvalue weighted by atomic mass is 9.73. The molecule has 1 N–H and O–H groups in total. The van der Waals surface area contributed by atoms with Gasteiger partial charge in [-0.1, -0.05) is 38.8 Å². The van der Waals surface area contributed by atoms with Gasteiger partial charge in [-0.2, -0.15) is 0 Å². The third-order valence-corrected chi connectivity index (χ3v) is 4.52. The van der Waals surface area contributed by atoms with Gasteiger partial charge in [-0.25, -0.2) is 0 Å². The van der Waals surface area contributed by atoms with Gasteiger partial charge in [0.2, 0.25) is 0 Å². The Balaban J connectivity index is 1.93. The second kappa shape index (κ2) is 4.84. The summed E-state index contributed by atoms with van der Waals surface area (Å²) in [4.78, 5) is 4.20. The molecule has 100 valence electrons. The van der Waals surface area contributed by atoms with E-state index >= 15 is 0 Å². The maximum atomic E-state index is 4.20. The summed E-state index contributed by atoms with van der Waals surface area (Å²) in [5, 5.41) is 6.27. The fraction of sp³-hybridized carbons (Fsp3) is 0.471. The molecule has 0 bridgehead atoms. The van der Waals surface area contributed by atoms with Gasteiger partial charge in [-0.05, 0) is 30.4 Å². The van der Waals surface area contributed by atoms with Crippen molar-refractivity contribution in [3.63, 3.8) is 0 Å². The van der Waals surface area contributed by atoms with Crippen LogP contribution in [0.1, 0.15) is 39.5 Å². The van der Waals surface area contributed by atoms with Crippen molar-refractivity contribution in [3.05, 3.63) is 36.7 Å². The van der Waals surface area contributed by atoms with E-state index in [-0.39, 0.29) is 0 Å². The van der Waals surface area contributed by atoms with Crippen molar-refractivity contribution in [1.82, 2.24) is 4.98 Å². The molecule has 2 nitrogen and oxygen atoms in total. The van der Waals surface area contributed by atoms with Gasteiger partial charge in [0.1, 0.15) is 0 Å². The number of nitrogens with one attached hydrogen (secondary N) is 1. The molecule has 0 radical (unpaired) electrons. The first-order chi connectivity index (χ1) is 9.17. The van der Waals surface area contributed by atoms with Crippen LogP contribution in [0.25, 0.3) is 10.8 Å². The van der Waals surface area contributed by atoms with Crippen LogP contribution < -0.4 is 5.32 Å². The van der Waals surface area contributed by atoms with E-state index in [1.807, 2.05) is 12.4 Å². The van der Waals surface area contributed by atoms with Crippen LogP contribution in [0.4, 0.5) is 5.69 Å². The molecule has 1 unspecified atom stereocenters. The summed E-state index contributed by atoms with van der Waals surface area (Å²) >= 11 is 0. The summed E-state index contributed by atoms with van der Waals surface area (Å²) in [5.74, 6) is 0. The minimum atomic E-state index is 0.382. The van der Waals surface area contributed by atoms with Crippen LogP contribution >= 0.6 is 0 Å². The van der Waals surface area contributed by atoms with Crippen molar-refractivity contribution >= 4 is 16.5 Å². The number of nitrogens with zero attached hydrogens (tertiary/aromatic N) is 1. The van der Waals surface area contributed by atoms with Gasteiger partial charge in [-0.3, -0.25) is 4.98 Å². The van der Waals surface area contributed by atoms with Crippen molar-refractivity contribution in [2.45, 2.75) is 45.6 Å². The minimum Gasteiger partial charge on any atom is -0.381 e. The standard InChI is InChI=1S/C17H22N2/c1-17(2)10-4-3-8-16(17)19-15-7-5-6-13-12-18-11-9-14(13)15/h5-7,9,11-12,16,19H,3-4,8,10H2,1-2H3. The van der Waals surface area contributed by atoms with Gasteiger partial charge in [0.25, 0.3) is 0 Å². The largest absolute Gasteiger partial charge is 0.381 e. The highest BCUT2D eigenvalue weighted by Crippen LogP contribution is 2.38. The topological polar surface area (TPSA) is 24.9 Å². The Hall–Kier alpha value is -1.57. The molecular formula is C17H22N2. The van der Waals surface area contributed by atoms with E-state index in [0.717, 1.165) is 0 Å². The number of anilines is 1. The lowest BCUT2D eigenvalue weighted by Gasteiger charge is -2.39. The highest BCUT2D eigenvalue weighted by Gasteiger charge is 2.32. The average Bonchev–Trinajstić information content (AvgIpc) is 2.41. The summed E-state index contributed by atoms with van der Waals surface area (Å²) in [5.41, 5.74) is 1.63. The number of hydrogen-bond acceptors (Lipinski definition) is 2. The van der Waals surface area contributed by atoms with E-state index < -0.39 is 0 Å². The van der Waals surface area contributed by atoms with Crippen LogP contribution in [-0.2, 0) is 0 Å². The molecule has 1 atom stereocenters. The molecular weight excluding hydrogens is 232 g/mol. The molecule has 1 aromatic heterocycles. The van der Waals surface area contributed by atoms with Gasteiger partial charge < -0.3 is 5.32 Å². The summed E-state index contributed by atoms with van der Waals surface area (Å²) in [6.45, 7) is 4.77. The van der Waals surface area contributed by atoms with Gasteiger partial charge in [0.05, 0.1) is 0 Å². The lowest BCUT2D eigenvalue weighted by Crippen LogP contribution is -2.38. The molecule has 1 heterocycles. The quantitative estimate of drug-likeness (QED) is 0.846. The Morgan fingerprint density at radius 2 is 2.11 bits per heavy atom. The molecule has 19 heavy (non-hydrogen) atoms. The van der Waals surface area contributed by atoms with E-state index in [1.54, 1.807) is 0 Å². The fourth-order valence-electron chi connectivity index (χ4n) is 3.20. The van der Waals surface area contributed by atoms with Crippen LogP contribution in [0, 0.1) is 5.41 Å². The fourth-order valence-corrected chi connectivity index (χ4v) is 3.20. The summed E-state index contributed by atoms with van der Waals surface area (Å²) in [6, 6.07) is 9.10. The van der Waals surface area contributed by atoms with Gasteiger partial charge in [0, 0.05) is 34.9 Å². The van der Waals surface area contributed by atoms with E-state index in [0.29, 0.717) is 11.5 Å². The van der Waals surface area contributed by atoms with Crippen molar-refractivity contribution < 1.29 is 0 Å². The van der Waals surface area contributed by atoms with E-state index in [1.165, 1.54) is 42.1 Å². The van der Waals surface area contributed by atoms with Gasteiger partial charge >= 0.3 is 0 Å².